The lowest BCUT2D eigenvalue weighted by Crippen LogP contribution is -2.23. The number of carbonyl (C=O) groups is 2. The molecule has 0 radical (unpaired) electrons. The Morgan fingerprint density at radius 2 is 2.12 bits per heavy atom. The Hall–Kier alpha value is -2.87. The van der Waals surface area contributed by atoms with Crippen LogP contribution < -0.4 is 16.4 Å². The van der Waals surface area contributed by atoms with Gasteiger partial charge in [-0.05, 0) is 36.6 Å². The summed E-state index contributed by atoms with van der Waals surface area (Å²) in [5, 5.41) is 12.7. The number of oxime groups is 1. The predicted octanol–water partition coefficient (Wildman–Crippen LogP) is 1.77. The molecular formula is C16H18N4O3S. The topological polar surface area (TPSA) is 106 Å². The number of benzene rings is 1. The Morgan fingerprint density at radius 1 is 1.29 bits per heavy atom. The SMILES string of the molecule is CCNC(=O)c1cccc(NC(=O)CO/N=C(\N)c2ccsc2)c1. The number of hydrogen-bond acceptors (Lipinski definition) is 5. The van der Waals surface area contributed by atoms with Gasteiger partial charge in [-0.15, -0.1) is 0 Å². The molecule has 2 amide bonds. The van der Waals surface area contributed by atoms with Crippen LogP contribution in [0.4, 0.5) is 5.69 Å². The highest BCUT2D eigenvalue weighted by Gasteiger charge is 2.08. The molecule has 0 atom stereocenters. The van der Waals surface area contributed by atoms with Crippen LogP contribution in [0.3, 0.4) is 0 Å². The second-order valence-corrected chi connectivity index (χ2v) is 5.53. The number of amides is 2. The Balaban J connectivity index is 1.87. The molecule has 1 heterocycles. The quantitative estimate of drug-likeness (QED) is 0.403. The summed E-state index contributed by atoms with van der Waals surface area (Å²) in [4.78, 5) is 28.6. The van der Waals surface area contributed by atoms with Crippen molar-refractivity contribution in [1.82, 2.24) is 5.32 Å². The summed E-state index contributed by atoms with van der Waals surface area (Å²) in [6, 6.07) is 8.44. The Morgan fingerprint density at radius 3 is 2.83 bits per heavy atom. The van der Waals surface area contributed by atoms with Crippen LogP contribution in [0.1, 0.15) is 22.8 Å². The van der Waals surface area contributed by atoms with Crippen molar-refractivity contribution in [2.75, 3.05) is 18.5 Å². The van der Waals surface area contributed by atoms with Crippen molar-refractivity contribution in [2.45, 2.75) is 6.92 Å². The average molecular weight is 346 g/mol. The maximum Gasteiger partial charge on any atom is 0.265 e. The summed E-state index contributed by atoms with van der Waals surface area (Å²) in [5.74, 6) is -0.384. The first-order valence-electron chi connectivity index (χ1n) is 7.26. The number of nitrogens with zero attached hydrogens (tertiary/aromatic N) is 1. The van der Waals surface area contributed by atoms with Gasteiger partial charge in [0.15, 0.2) is 12.4 Å². The molecule has 24 heavy (non-hydrogen) atoms. The molecule has 2 rings (SSSR count). The zero-order valence-electron chi connectivity index (χ0n) is 13.1. The molecule has 0 unspecified atom stereocenters. The van der Waals surface area contributed by atoms with Crippen LogP contribution >= 0.6 is 11.3 Å². The molecule has 4 N–H and O–H groups in total. The zero-order valence-corrected chi connectivity index (χ0v) is 13.9. The molecule has 0 spiro atoms. The molecule has 0 aliphatic carbocycles. The molecule has 7 nitrogen and oxygen atoms in total. The number of nitrogens with two attached hydrogens (primary N) is 1. The van der Waals surface area contributed by atoms with E-state index in [0.717, 1.165) is 5.56 Å². The second-order valence-electron chi connectivity index (χ2n) is 4.75. The van der Waals surface area contributed by atoms with E-state index in [4.69, 9.17) is 10.6 Å². The summed E-state index contributed by atoms with van der Waals surface area (Å²) < 4.78 is 0. The van der Waals surface area contributed by atoms with Gasteiger partial charge in [0.2, 0.25) is 0 Å². The van der Waals surface area contributed by atoms with E-state index in [-0.39, 0.29) is 18.3 Å². The van der Waals surface area contributed by atoms with Crippen LogP contribution in [0.5, 0.6) is 0 Å². The van der Waals surface area contributed by atoms with E-state index in [1.165, 1.54) is 11.3 Å². The van der Waals surface area contributed by atoms with E-state index in [1.54, 1.807) is 30.3 Å². The van der Waals surface area contributed by atoms with E-state index >= 15 is 0 Å². The Labute approximate surface area is 143 Å². The van der Waals surface area contributed by atoms with Gasteiger partial charge in [0.25, 0.3) is 11.8 Å². The second kappa shape index (κ2) is 8.68. The van der Waals surface area contributed by atoms with Gasteiger partial charge in [-0.3, -0.25) is 9.59 Å². The number of rotatable bonds is 7. The Kier molecular flexibility index (Phi) is 6.32. The average Bonchev–Trinajstić information content (AvgIpc) is 3.10. The van der Waals surface area contributed by atoms with Crippen LogP contribution in [0.25, 0.3) is 0 Å². The fourth-order valence-corrected chi connectivity index (χ4v) is 2.47. The predicted molar refractivity (Wildman–Crippen MR) is 94.1 cm³/mol. The van der Waals surface area contributed by atoms with Crippen LogP contribution in [0.2, 0.25) is 0 Å². The first-order chi connectivity index (χ1) is 11.6. The maximum atomic E-state index is 11.8. The van der Waals surface area contributed by atoms with Gasteiger partial charge in [0.1, 0.15) is 0 Å². The van der Waals surface area contributed by atoms with Crippen molar-refractivity contribution < 1.29 is 14.4 Å². The number of amidine groups is 1. The number of nitrogens with one attached hydrogen (secondary N) is 2. The van der Waals surface area contributed by atoms with Crippen molar-refractivity contribution in [3.8, 4) is 0 Å². The number of carbonyl (C=O) groups excluding carboxylic acids is 2. The van der Waals surface area contributed by atoms with E-state index in [2.05, 4.69) is 15.8 Å². The molecule has 8 heteroatoms. The smallest absolute Gasteiger partial charge is 0.265 e. The van der Waals surface area contributed by atoms with Crippen LogP contribution in [-0.4, -0.2) is 30.8 Å². The zero-order chi connectivity index (χ0) is 17.4. The monoisotopic (exact) mass is 346 g/mol. The van der Waals surface area contributed by atoms with Crippen molar-refractivity contribution in [3.63, 3.8) is 0 Å². The van der Waals surface area contributed by atoms with E-state index < -0.39 is 5.91 Å². The summed E-state index contributed by atoms with van der Waals surface area (Å²) >= 11 is 1.49. The van der Waals surface area contributed by atoms with E-state index in [9.17, 15) is 9.59 Å². The molecule has 2 aromatic rings. The highest BCUT2D eigenvalue weighted by molar-refractivity contribution is 7.08. The van der Waals surface area contributed by atoms with Crippen molar-refractivity contribution in [1.29, 1.82) is 0 Å². The van der Waals surface area contributed by atoms with Crippen LogP contribution in [0.15, 0.2) is 46.2 Å². The lowest BCUT2D eigenvalue weighted by atomic mass is 10.2. The number of anilines is 1. The summed E-state index contributed by atoms with van der Waals surface area (Å²) in [5.41, 5.74) is 7.43. The molecular weight excluding hydrogens is 328 g/mol. The third-order valence-corrected chi connectivity index (χ3v) is 3.60. The van der Waals surface area contributed by atoms with Gasteiger partial charge in [-0.2, -0.15) is 11.3 Å². The minimum absolute atomic E-state index is 0.196. The third-order valence-electron chi connectivity index (χ3n) is 2.92. The first-order valence-corrected chi connectivity index (χ1v) is 8.20. The van der Waals surface area contributed by atoms with E-state index in [0.29, 0.717) is 17.8 Å². The highest BCUT2D eigenvalue weighted by Crippen LogP contribution is 2.10. The minimum atomic E-state index is -0.398. The molecule has 0 fully saturated rings. The van der Waals surface area contributed by atoms with Gasteiger partial charge in [-0.1, -0.05) is 11.2 Å². The number of thiophene rings is 1. The van der Waals surface area contributed by atoms with Crippen LogP contribution in [0, 0.1) is 0 Å². The van der Waals surface area contributed by atoms with Crippen LogP contribution in [-0.2, 0) is 9.63 Å². The molecule has 0 bridgehead atoms. The van der Waals surface area contributed by atoms with Gasteiger partial charge in [0, 0.05) is 28.7 Å². The molecule has 1 aromatic heterocycles. The standard InChI is InChI=1S/C16H18N4O3S/c1-2-18-16(22)11-4-3-5-13(8-11)19-14(21)9-23-20-15(17)12-6-7-24-10-12/h3-8,10H,2,9H2,1H3,(H2,17,20)(H,18,22)(H,19,21). The van der Waals surface area contributed by atoms with Crippen molar-refractivity contribution >= 4 is 34.7 Å². The first kappa shape index (κ1) is 17.5. The minimum Gasteiger partial charge on any atom is -0.384 e. The van der Waals surface area contributed by atoms with Crippen molar-refractivity contribution in [2.24, 2.45) is 10.9 Å². The molecule has 0 aliphatic rings. The largest absolute Gasteiger partial charge is 0.384 e. The van der Waals surface area contributed by atoms with Gasteiger partial charge < -0.3 is 21.2 Å². The number of hydrogen-bond donors (Lipinski definition) is 3. The lowest BCUT2D eigenvalue weighted by Gasteiger charge is -2.07. The van der Waals surface area contributed by atoms with E-state index in [1.807, 2.05) is 17.7 Å². The molecule has 1 aromatic carbocycles. The van der Waals surface area contributed by atoms with Gasteiger partial charge in [-0.25, -0.2) is 0 Å². The lowest BCUT2D eigenvalue weighted by molar-refractivity contribution is -0.120. The maximum absolute atomic E-state index is 11.8. The molecule has 0 saturated carbocycles. The summed E-state index contributed by atoms with van der Waals surface area (Å²) in [7, 11) is 0. The molecule has 0 aliphatic heterocycles. The van der Waals surface area contributed by atoms with Gasteiger partial charge in [0.05, 0.1) is 0 Å². The third kappa shape index (κ3) is 5.10. The van der Waals surface area contributed by atoms with Crippen molar-refractivity contribution in [3.05, 3.63) is 52.2 Å². The fraction of sp³-hybridized carbons (Fsp3) is 0.188. The highest BCUT2D eigenvalue weighted by atomic mass is 32.1. The molecule has 0 saturated heterocycles. The summed E-state index contributed by atoms with van der Waals surface area (Å²) in [6.45, 7) is 2.09. The fourth-order valence-electron chi connectivity index (χ4n) is 1.82. The molecule has 126 valence electrons. The summed E-state index contributed by atoms with van der Waals surface area (Å²) in [6.07, 6.45) is 0. The normalized spacial score (nSPS) is 11.0. The van der Waals surface area contributed by atoms with Gasteiger partial charge >= 0.3 is 0 Å². The Bertz CT molecular complexity index is 729.